The van der Waals surface area contributed by atoms with Gasteiger partial charge < -0.3 is 10.2 Å². The SMILES string of the molecule is Cc1cccc(N2C[C@@H](C(=O)NC3CC3)CC2=O)c1. The second kappa shape index (κ2) is 4.68. The monoisotopic (exact) mass is 258 g/mol. The van der Waals surface area contributed by atoms with Crippen LogP contribution in [0, 0.1) is 12.8 Å². The number of nitrogens with zero attached hydrogens (tertiary/aromatic N) is 1. The molecule has 2 aliphatic rings. The Morgan fingerprint density at radius 1 is 1.37 bits per heavy atom. The third kappa shape index (κ3) is 2.62. The van der Waals surface area contributed by atoms with E-state index in [0.717, 1.165) is 24.1 Å². The van der Waals surface area contributed by atoms with Gasteiger partial charge in [-0.2, -0.15) is 0 Å². The minimum absolute atomic E-state index is 0.0333. The van der Waals surface area contributed by atoms with E-state index in [1.165, 1.54) is 0 Å². The summed E-state index contributed by atoms with van der Waals surface area (Å²) in [4.78, 5) is 25.8. The quantitative estimate of drug-likeness (QED) is 0.895. The average molecular weight is 258 g/mol. The molecule has 3 rings (SSSR count). The van der Waals surface area contributed by atoms with Crippen molar-refractivity contribution in [1.29, 1.82) is 0 Å². The molecule has 1 atom stereocenters. The summed E-state index contributed by atoms with van der Waals surface area (Å²) in [6, 6.07) is 8.21. The first-order valence-electron chi connectivity index (χ1n) is 6.81. The van der Waals surface area contributed by atoms with E-state index in [0.29, 0.717) is 19.0 Å². The molecule has 100 valence electrons. The first kappa shape index (κ1) is 12.2. The highest BCUT2D eigenvalue weighted by Crippen LogP contribution is 2.27. The second-order valence-electron chi connectivity index (χ2n) is 5.53. The molecule has 19 heavy (non-hydrogen) atoms. The normalized spacial score (nSPS) is 22.7. The largest absolute Gasteiger partial charge is 0.353 e. The van der Waals surface area contributed by atoms with Gasteiger partial charge in [0, 0.05) is 24.7 Å². The van der Waals surface area contributed by atoms with E-state index in [1.807, 2.05) is 31.2 Å². The molecule has 4 nitrogen and oxygen atoms in total. The number of hydrogen-bond donors (Lipinski definition) is 1. The summed E-state index contributed by atoms with van der Waals surface area (Å²) in [6.07, 6.45) is 2.48. The summed E-state index contributed by atoms with van der Waals surface area (Å²) in [7, 11) is 0. The predicted octanol–water partition coefficient (Wildman–Crippen LogP) is 1.63. The van der Waals surface area contributed by atoms with Gasteiger partial charge in [-0.05, 0) is 37.5 Å². The van der Waals surface area contributed by atoms with Crippen LogP contribution in [-0.2, 0) is 9.59 Å². The Hall–Kier alpha value is -1.84. The van der Waals surface area contributed by atoms with E-state index in [9.17, 15) is 9.59 Å². The Kier molecular flexibility index (Phi) is 3.01. The number of carbonyl (C=O) groups is 2. The van der Waals surface area contributed by atoms with Gasteiger partial charge in [0.05, 0.1) is 5.92 Å². The maximum Gasteiger partial charge on any atom is 0.227 e. The fourth-order valence-corrected chi connectivity index (χ4v) is 2.48. The zero-order chi connectivity index (χ0) is 13.4. The topological polar surface area (TPSA) is 49.4 Å². The molecule has 0 unspecified atom stereocenters. The van der Waals surface area contributed by atoms with Crippen LogP contribution in [0.15, 0.2) is 24.3 Å². The van der Waals surface area contributed by atoms with Gasteiger partial charge in [0.15, 0.2) is 0 Å². The fourth-order valence-electron chi connectivity index (χ4n) is 2.48. The van der Waals surface area contributed by atoms with Crippen LogP contribution >= 0.6 is 0 Å². The van der Waals surface area contributed by atoms with Crippen molar-refractivity contribution < 1.29 is 9.59 Å². The van der Waals surface area contributed by atoms with Crippen molar-refractivity contribution in [3.05, 3.63) is 29.8 Å². The summed E-state index contributed by atoms with van der Waals surface area (Å²) in [5, 5.41) is 2.98. The summed E-state index contributed by atoms with van der Waals surface area (Å²) in [5.74, 6) is -0.124. The number of hydrogen-bond acceptors (Lipinski definition) is 2. The minimum atomic E-state index is -0.200. The molecular formula is C15H18N2O2. The van der Waals surface area contributed by atoms with E-state index in [4.69, 9.17) is 0 Å². The molecule has 1 aliphatic heterocycles. The van der Waals surface area contributed by atoms with Crippen molar-refractivity contribution in [2.24, 2.45) is 5.92 Å². The zero-order valence-electron chi connectivity index (χ0n) is 11.1. The Morgan fingerprint density at radius 2 is 2.16 bits per heavy atom. The highest BCUT2D eigenvalue weighted by molar-refractivity contribution is 6.00. The summed E-state index contributed by atoms with van der Waals surface area (Å²) < 4.78 is 0. The van der Waals surface area contributed by atoms with Gasteiger partial charge in [-0.3, -0.25) is 9.59 Å². The molecule has 1 aromatic rings. The molecule has 1 saturated carbocycles. The van der Waals surface area contributed by atoms with Gasteiger partial charge in [0.2, 0.25) is 11.8 Å². The van der Waals surface area contributed by atoms with Crippen LogP contribution in [0.2, 0.25) is 0 Å². The molecule has 2 amide bonds. The summed E-state index contributed by atoms with van der Waals surface area (Å²) in [6.45, 7) is 2.50. The van der Waals surface area contributed by atoms with Crippen LogP contribution in [0.25, 0.3) is 0 Å². The number of nitrogens with one attached hydrogen (secondary N) is 1. The van der Waals surface area contributed by atoms with Crippen LogP contribution in [-0.4, -0.2) is 24.4 Å². The molecule has 1 aliphatic carbocycles. The van der Waals surface area contributed by atoms with Gasteiger partial charge in [0.25, 0.3) is 0 Å². The molecule has 1 heterocycles. The van der Waals surface area contributed by atoms with Gasteiger partial charge >= 0.3 is 0 Å². The number of rotatable bonds is 3. The predicted molar refractivity (Wildman–Crippen MR) is 72.8 cm³/mol. The maximum absolute atomic E-state index is 12.0. The van der Waals surface area contributed by atoms with Crippen molar-refractivity contribution in [2.45, 2.75) is 32.2 Å². The third-order valence-corrected chi connectivity index (χ3v) is 3.73. The molecule has 1 saturated heterocycles. The van der Waals surface area contributed by atoms with Crippen LogP contribution in [0.4, 0.5) is 5.69 Å². The summed E-state index contributed by atoms with van der Waals surface area (Å²) >= 11 is 0. The van der Waals surface area contributed by atoms with Crippen LogP contribution in [0.5, 0.6) is 0 Å². The van der Waals surface area contributed by atoms with Crippen molar-refractivity contribution in [1.82, 2.24) is 5.32 Å². The lowest BCUT2D eigenvalue weighted by Crippen LogP contribution is -2.34. The zero-order valence-corrected chi connectivity index (χ0v) is 11.1. The van der Waals surface area contributed by atoms with Gasteiger partial charge in [0.1, 0.15) is 0 Å². The number of anilines is 1. The fraction of sp³-hybridized carbons (Fsp3) is 0.467. The van der Waals surface area contributed by atoms with Crippen molar-refractivity contribution in [2.75, 3.05) is 11.4 Å². The van der Waals surface area contributed by atoms with Crippen molar-refractivity contribution >= 4 is 17.5 Å². The molecule has 0 radical (unpaired) electrons. The average Bonchev–Trinajstić information content (AvgIpc) is 3.09. The van der Waals surface area contributed by atoms with Crippen LogP contribution < -0.4 is 10.2 Å². The molecule has 0 aromatic heterocycles. The van der Waals surface area contributed by atoms with Gasteiger partial charge in [-0.1, -0.05) is 12.1 Å². The molecule has 1 N–H and O–H groups in total. The number of amides is 2. The molecule has 1 aromatic carbocycles. The Bertz CT molecular complexity index is 523. The lowest BCUT2D eigenvalue weighted by Gasteiger charge is -2.17. The highest BCUT2D eigenvalue weighted by Gasteiger charge is 2.36. The van der Waals surface area contributed by atoms with Crippen molar-refractivity contribution in [3.8, 4) is 0 Å². The lowest BCUT2D eigenvalue weighted by molar-refractivity contribution is -0.126. The third-order valence-electron chi connectivity index (χ3n) is 3.73. The first-order chi connectivity index (χ1) is 9.13. The van der Waals surface area contributed by atoms with E-state index < -0.39 is 0 Å². The van der Waals surface area contributed by atoms with Crippen LogP contribution in [0.3, 0.4) is 0 Å². The Morgan fingerprint density at radius 3 is 2.84 bits per heavy atom. The standard InChI is InChI=1S/C15H18N2O2/c1-10-3-2-4-13(7-10)17-9-11(8-14(17)18)15(19)16-12-5-6-12/h2-4,7,11-12H,5-6,8-9H2,1H3,(H,16,19)/t11-/m0/s1. The Balaban J connectivity index is 1.70. The van der Waals surface area contributed by atoms with Crippen LogP contribution in [0.1, 0.15) is 24.8 Å². The number of carbonyl (C=O) groups excluding carboxylic acids is 2. The maximum atomic E-state index is 12.0. The summed E-state index contributed by atoms with van der Waals surface area (Å²) in [5.41, 5.74) is 2.02. The molecular weight excluding hydrogens is 240 g/mol. The van der Waals surface area contributed by atoms with Gasteiger partial charge in [-0.15, -0.1) is 0 Å². The number of benzene rings is 1. The highest BCUT2D eigenvalue weighted by atomic mass is 16.2. The van der Waals surface area contributed by atoms with E-state index >= 15 is 0 Å². The number of aryl methyl sites for hydroxylation is 1. The van der Waals surface area contributed by atoms with E-state index in [1.54, 1.807) is 4.90 Å². The Labute approximate surface area is 112 Å². The molecule has 0 bridgehead atoms. The molecule has 2 fully saturated rings. The van der Waals surface area contributed by atoms with Gasteiger partial charge in [-0.25, -0.2) is 0 Å². The second-order valence-corrected chi connectivity index (χ2v) is 5.53. The molecule has 4 heteroatoms. The molecule has 0 spiro atoms. The lowest BCUT2D eigenvalue weighted by atomic mass is 10.1. The van der Waals surface area contributed by atoms with E-state index in [2.05, 4.69) is 5.32 Å². The van der Waals surface area contributed by atoms with Crippen molar-refractivity contribution in [3.63, 3.8) is 0 Å². The minimum Gasteiger partial charge on any atom is -0.353 e. The smallest absolute Gasteiger partial charge is 0.227 e. The van der Waals surface area contributed by atoms with E-state index in [-0.39, 0.29) is 17.7 Å². The first-order valence-corrected chi connectivity index (χ1v) is 6.81.